The van der Waals surface area contributed by atoms with E-state index in [0.717, 1.165) is 56.5 Å². The molecule has 3 aliphatic heterocycles. The van der Waals surface area contributed by atoms with Crippen molar-refractivity contribution in [2.24, 2.45) is 5.41 Å². The zero-order valence-electron chi connectivity index (χ0n) is 24.0. The van der Waals surface area contributed by atoms with Crippen LogP contribution in [0.1, 0.15) is 48.8 Å². The van der Waals surface area contributed by atoms with Crippen LogP contribution in [-0.2, 0) is 11.2 Å². The van der Waals surface area contributed by atoms with Gasteiger partial charge in [0.2, 0.25) is 0 Å². The summed E-state index contributed by atoms with van der Waals surface area (Å²) in [5.74, 6) is -3.52. The number of carboxylic acid groups (broad SMARTS) is 1. The fourth-order valence-electron chi connectivity index (χ4n) is 6.39. The van der Waals surface area contributed by atoms with Crippen LogP contribution >= 0.6 is 11.3 Å². The fourth-order valence-corrected chi connectivity index (χ4v) is 7.48. The fraction of sp³-hybridized carbons (Fsp3) is 0.273. The van der Waals surface area contributed by atoms with E-state index in [1.807, 2.05) is 0 Å². The standard InChI is InChI=1S/C33H28F2N4O5S/c34-23-7-8-24-26(27(23)35)28-20(16-25(45-28)32(42)43)9-13-39(24)31(41)19-3-5-21(6-4-19)37-30(40)22-2-1-12-36-29(22)38-17-33(18-38)10-14-44-15-11-33/h1-8,12,16H,9-11,13-15,17-18H2,(H,37,40)(H,42,43). The van der Waals surface area contributed by atoms with Gasteiger partial charge in [-0.05, 0) is 79.4 Å². The third-order valence-electron chi connectivity index (χ3n) is 8.79. The number of nitrogens with one attached hydrogen (secondary N) is 1. The number of carbonyl (C=O) groups excluding carboxylic acids is 2. The molecule has 2 fully saturated rings. The number of anilines is 3. The van der Waals surface area contributed by atoms with Crippen LogP contribution < -0.4 is 15.1 Å². The first-order chi connectivity index (χ1) is 21.7. The van der Waals surface area contributed by atoms with Crippen molar-refractivity contribution >= 4 is 46.3 Å². The molecular formula is C33H28F2N4O5S. The number of aromatic nitrogens is 1. The molecule has 0 radical (unpaired) electrons. The Labute approximate surface area is 261 Å². The van der Waals surface area contributed by atoms with Crippen molar-refractivity contribution in [1.82, 2.24) is 4.98 Å². The molecule has 1 spiro atoms. The predicted octanol–water partition coefficient (Wildman–Crippen LogP) is 5.86. The van der Waals surface area contributed by atoms with E-state index in [2.05, 4.69) is 15.2 Å². The van der Waals surface area contributed by atoms with E-state index in [1.165, 1.54) is 17.0 Å². The molecule has 2 aromatic carbocycles. The van der Waals surface area contributed by atoms with E-state index >= 15 is 4.39 Å². The van der Waals surface area contributed by atoms with Gasteiger partial charge < -0.3 is 25.0 Å². The number of carboxylic acids is 1. The van der Waals surface area contributed by atoms with Crippen molar-refractivity contribution < 1.29 is 33.0 Å². The molecule has 3 aliphatic rings. The molecule has 45 heavy (non-hydrogen) atoms. The van der Waals surface area contributed by atoms with Crippen LogP contribution in [0, 0.1) is 17.0 Å². The van der Waals surface area contributed by atoms with E-state index in [-0.39, 0.29) is 46.0 Å². The van der Waals surface area contributed by atoms with Crippen LogP contribution in [0.5, 0.6) is 0 Å². The Morgan fingerprint density at radius 3 is 2.51 bits per heavy atom. The molecule has 7 rings (SSSR count). The number of benzene rings is 2. The predicted molar refractivity (Wildman–Crippen MR) is 165 cm³/mol. The summed E-state index contributed by atoms with van der Waals surface area (Å²) >= 11 is 0.854. The van der Waals surface area contributed by atoms with Crippen molar-refractivity contribution in [3.63, 3.8) is 0 Å². The van der Waals surface area contributed by atoms with Crippen LogP contribution in [-0.4, -0.2) is 60.7 Å². The normalized spacial score (nSPS) is 16.8. The number of pyridine rings is 1. The Kier molecular flexibility index (Phi) is 7.33. The molecule has 4 aromatic rings. The molecule has 2 N–H and O–H groups in total. The molecule has 230 valence electrons. The number of hydrogen-bond acceptors (Lipinski definition) is 7. The molecule has 2 saturated heterocycles. The van der Waals surface area contributed by atoms with Gasteiger partial charge >= 0.3 is 5.97 Å². The minimum absolute atomic E-state index is 0.0125. The molecule has 12 heteroatoms. The Balaban J connectivity index is 1.09. The summed E-state index contributed by atoms with van der Waals surface area (Å²) in [7, 11) is 0. The smallest absolute Gasteiger partial charge is 0.345 e. The summed E-state index contributed by atoms with van der Waals surface area (Å²) in [5, 5.41) is 12.3. The van der Waals surface area contributed by atoms with E-state index in [9.17, 15) is 23.9 Å². The first-order valence-electron chi connectivity index (χ1n) is 14.6. The summed E-state index contributed by atoms with van der Waals surface area (Å²) in [6, 6.07) is 13.6. The van der Waals surface area contributed by atoms with Gasteiger partial charge in [0.05, 0.1) is 16.8 Å². The first-order valence-corrected chi connectivity index (χ1v) is 15.4. The van der Waals surface area contributed by atoms with Crippen LogP contribution in [0.3, 0.4) is 0 Å². The monoisotopic (exact) mass is 630 g/mol. The topological polar surface area (TPSA) is 112 Å². The molecule has 2 amide bonds. The molecule has 0 aliphatic carbocycles. The Hall–Kier alpha value is -4.68. The lowest BCUT2D eigenvalue weighted by Crippen LogP contribution is -2.59. The maximum absolute atomic E-state index is 15.2. The zero-order valence-corrected chi connectivity index (χ0v) is 24.8. The van der Waals surface area contributed by atoms with E-state index in [1.54, 1.807) is 42.6 Å². The van der Waals surface area contributed by atoms with Gasteiger partial charge in [-0.3, -0.25) is 9.59 Å². The van der Waals surface area contributed by atoms with Gasteiger partial charge in [-0.1, -0.05) is 0 Å². The van der Waals surface area contributed by atoms with Crippen LogP contribution in [0.4, 0.5) is 26.0 Å². The van der Waals surface area contributed by atoms with E-state index in [0.29, 0.717) is 27.5 Å². The highest BCUT2D eigenvalue weighted by atomic mass is 32.1. The van der Waals surface area contributed by atoms with Crippen molar-refractivity contribution in [2.45, 2.75) is 19.3 Å². The molecular weight excluding hydrogens is 602 g/mol. The van der Waals surface area contributed by atoms with Crippen LogP contribution in [0.15, 0.2) is 60.8 Å². The number of amides is 2. The van der Waals surface area contributed by atoms with Gasteiger partial charge in [0, 0.05) is 60.6 Å². The number of hydrogen-bond donors (Lipinski definition) is 2. The maximum Gasteiger partial charge on any atom is 0.345 e. The molecule has 2 aromatic heterocycles. The minimum atomic E-state index is -1.16. The number of halogens is 2. The lowest BCUT2D eigenvalue weighted by Gasteiger charge is -2.53. The zero-order chi connectivity index (χ0) is 31.3. The molecule has 0 saturated carbocycles. The molecule has 0 unspecified atom stereocenters. The Morgan fingerprint density at radius 2 is 1.78 bits per heavy atom. The second kappa shape index (κ2) is 11.4. The second-order valence-electron chi connectivity index (χ2n) is 11.6. The van der Waals surface area contributed by atoms with Gasteiger partial charge in [0.25, 0.3) is 11.8 Å². The summed E-state index contributed by atoms with van der Waals surface area (Å²) < 4.78 is 35.1. The number of ether oxygens (including phenoxy) is 1. The number of rotatable bonds is 5. The largest absolute Gasteiger partial charge is 0.477 e. The summed E-state index contributed by atoms with van der Waals surface area (Å²) in [6.07, 6.45) is 3.93. The third kappa shape index (κ3) is 5.23. The number of nitrogens with zero attached hydrogens (tertiary/aromatic N) is 3. The number of thiophene rings is 1. The van der Waals surface area contributed by atoms with Crippen LogP contribution in [0.2, 0.25) is 0 Å². The van der Waals surface area contributed by atoms with Crippen molar-refractivity contribution in [3.05, 3.63) is 94.0 Å². The van der Waals surface area contributed by atoms with Gasteiger partial charge in [-0.15, -0.1) is 11.3 Å². The van der Waals surface area contributed by atoms with Crippen molar-refractivity contribution in [2.75, 3.05) is 48.0 Å². The molecule has 5 heterocycles. The lowest BCUT2D eigenvalue weighted by molar-refractivity contribution is -0.000511. The maximum atomic E-state index is 15.2. The second-order valence-corrected chi connectivity index (χ2v) is 12.7. The van der Waals surface area contributed by atoms with Gasteiger partial charge in [0.15, 0.2) is 11.6 Å². The highest BCUT2D eigenvalue weighted by Gasteiger charge is 2.45. The lowest BCUT2D eigenvalue weighted by atomic mass is 9.73. The number of fused-ring (bicyclic) bond motifs is 3. The highest BCUT2D eigenvalue weighted by molar-refractivity contribution is 7.17. The van der Waals surface area contributed by atoms with Gasteiger partial charge in [0.1, 0.15) is 10.7 Å². The minimum Gasteiger partial charge on any atom is -0.477 e. The summed E-state index contributed by atoms with van der Waals surface area (Å²) in [5.41, 5.74) is 1.99. The molecule has 0 bridgehead atoms. The van der Waals surface area contributed by atoms with Crippen LogP contribution in [0.25, 0.3) is 10.4 Å². The quantitative estimate of drug-likeness (QED) is 0.284. The van der Waals surface area contributed by atoms with Gasteiger partial charge in [-0.2, -0.15) is 0 Å². The number of aromatic carboxylic acids is 1. The van der Waals surface area contributed by atoms with Crippen molar-refractivity contribution in [3.8, 4) is 10.4 Å². The average molecular weight is 631 g/mol. The summed E-state index contributed by atoms with van der Waals surface area (Å²) in [6.45, 7) is 3.30. The number of carbonyl (C=O) groups is 3. The van der Waals surface area contributed by atoms with Gasteiger partial charge in [-0.25, -0.2) is 18.6 Å². The first kappa shape index (κ1) is 29.1. The van der Waals surface area contributed by atoms with E-state index in [4.69, 9.17) is 4.74 Å². The van der Waals surface area contributed by atoms with E-state index < -0.39 is 23.5 Å². The molecule has 0 atom stereocenters. The third-order valence-corrected chi connectivity index (χ3v) is 9.97. The Bertz CT molecular complexity index is 1830. The Morgan fingerprint density at radius 1 is 1.02 bits per heavy atom. The van der Waals surface area contributed by atoms with Crippen molar-refractivity contribution in [1.29, 1.82) is 0 Å². The average Bonchev–Trinajstić information content (AvgIpc) is 3.39. The summed E-state index contributed by atoms with van der Waals surface area (Å²) in [4.78, 5) is 46.9. The SMILES string of the molecule is O=C(O)c1cc2c(s1)-c1c(ccc(F)c1F)N(C(=O)c1ccc(NC(=O)c3cccnc3N3CC4(CCOCC4)C3)cc1)CC2. The highest BCUT2D eigenvalue weighted by Crippen LogP contribution is 2.44. The molecule has 9 nitrogen and oxygen atoms in total.